The molecule has 0 unspecified atom stereocenters. The fourth-order valence-corrected chi connectivity index (χ4v) is 2.56. The molecule has 0 fully saturated rings. The van der Waals surface area contributed by atoms with Crippen LogP contribution in [0.15, 0.2) is 48.7 Å². The number of methoxy groups -OCH3 is 1. The lowest BCUT2D eigenvalue weighted by molar-refractivity contribution is 0.0602. The van der Waals surface area contributed by atoms with Crippen molar-refractivity contribution in [3.63, 3.8) is 0 Å². The SMILES string of the molecule is COC(=O)c1ccccc1Nc1nncc(Nc2c(C)cccc2C)n1. The Hall–Kier alpha value is -3.48. The Labute approximate surface area is 151 Å². The van der Waals surface area contributed by atoms with Gasteiger partial charge in [0.15, 0.2) is 5.82 Å². The van der Waals surface area contributed by atoms with E-state index in [0.29, 0.717) is 17.1 Å². The first-order chi connectivity index (χ1) is 12.6. The van der Waals surface area contributed by atoms with E-state index in [1.54, 1.807) is 30.5 Å². The lowest BCUT2D eigenvalue weighted by Crippen LogP contribution is -2.08. The van der Waals surface area contributed by atoms with E-state index in [0.717, 1.165) is 16.8 Å². The summed E-state index contributed by atoms with van der Waals surface area (Å²) in [6.07, 6.45) is 1.54. The lowest BCUT2D eigenvalue weighted by Gasteiger charge is -2.13. The number of carbonyl (C=O) groups excluding carboxylic acids is 1. The monoisotopic (exact) mass is 349 g/mol. The third kappa shape index (κ3) is 3.77. The molecule has 2 N–H and O–H groups in total. The van der Waals surface area contributed by atoms with Gasteiger partial charge in [0.05, 0.1) is 24.6 Å². The molecule has 7 nitrogen and oxygen atoms in total. The summed E-state index contributed by atoms with van der Waals surface area (Å²) in [6, 6.07) is 13.0. The topological polar surface area (TPSA) is 89.0 Å². The predicted octanol–water partition coefficient (Wildman–Crippen LogP) is 3.76. The number of hydrogen-bond acceptors (Lipinski definition) is 7. The van der Waals surface area contributed by atoms with Crippen molar-refractivity contribution in [3.05, 3.63) is 65.4 Å². The molecule has 0 radical (unpaired) electrons. The molecule has 1 aromatic heterocycles. The highest BCUT2D eigenvalue weighted by atomic mass is 16.5. The molecule has 0 bridgehead atoms. The van der Waals surface area contributed by atoms with Gasteiger partial charge >= 0.3 is 5.97 Å². The van der Waals surface area contributed by atoms with Gasteiger partial charge in [0.1, 0.15) is 0 Å². The van der Waals surface area contributed by atoms with Gasteiger partial charge in [-0.15, -0.1) is 5.10 Å². The van der Waals surface area contributed by atoms with E-state index in [-0.39, 0.29) is 5.95 Å². The summed E-state index contributed by atoms with van der Waals surface area (Å²) in [7, 11) is 1.34. The molecule has 0 atom stereocenters. The molecule has 0 aliphatic carbocycles. The number of esters is 1. The zero-order valence-corrected chi connectivity index (χ0v) is 14.8. The maximum atomic E-state index is 11.9. The maximum absolute atomic E-state index is 11.9. The Morgan fingerprint density at radius 3 is 2.46 bits per heavy atom. The number of aryl methyl sites for hydroxylation is 2. The first-order valence-electron chi connectivity index (χ1n) is 8.06. The molecule has 0 saturated heterocycles. The van der Waals surface area contributed by atoms with Crippen LogP contribution in [0, 0.1) is 13.8 Å². The molecular formula is C19H19N5O2. The van der Waals surface area contributed by atoms with E-state index >= 15 is 0 Å². The fourth-order valence-electron chi connectivity index (χ4n) is 2.56. The molecule has 3 rings (SSSR count). The first-order valence-corrected chi connectivity index (χ1v) is 8.06. The summed E-state index contributed by atoms with van der Waals surface area (Å²) < 4.78 is 4.80. The number of rotatable bonds is 5. The molecule has 1 heterocycles. The minimum Gasteiger partial charge on any atom is -0.465 e. The third-order valence-electron chi connectivity index (χ3n) is 3.87. The van der Waals surface area contributed by atoms with Crippen LogP contribution in [0.4, 0.5) is 23.1 Å². The average Bonchev–Trinajstić information content (AvgIpc) is 2.65. The van der Waals surface area contributed by atoms with Gasteiger partial charge in [-0.05, 0) is 37.1 Å². The Morgan fingerprint density at radius 2 is 1.73 bits per heavy atom. The lowest BCUT2D eigenvalue weighted by atomic mass is 10.1. The number of benzene rings is 2. The van der Waals surface area contributed by atoms with Crippen LogP contribution in [0.25, 0.3) is 0 Å². The summed E-state index contributed by atoms with van der Waals surface area (Å²) in [5.74, 6) is 0.388. The van der Waals surface area contributed by atoms with Crippen molar-refractivity contribution in [2.75, 3.05) is 17.7 Å². The molecule has 0 aliphatic heterocycles. The smallest absolute Gasteiger partial charge is 0.339 e. The number of aromatic nitrogens is 3. The summed E-state index contributed by atoms with van der Waals surface area (Å²) in [6.45, 7) is 4.05. The fraction of sp³-hybridized carbons (Fsp3) is 0.158. The van der Waals surface area contributed by atoms with E-state index in [2.05, 4.69) is 25.8 Å². The molecule has 0 spiro atoms. The minimum atomic E-state index is -0.439. The quantitative estimate of drug-likeness (QED) is 0.678. The normalized spacial score (nSPS) is 10.3. The largest absolute Gasteiger partial charge is 0.465 e. The van der Waals surface area contributed by atoms with Crippen LogP contribution < -0.4 is 10.6 Å². The zero-order valence-electron chi connectivity index (χ0n) is 14.8. The van der Waals surface area contributed by atoms with E-state index in [1.165, 1.54) is 7.11 Å². The second-order valence-electron chi connectivity index (χ2n) is 5.72. The molecule has 132 valence electrons. The number of carbonyl (C=O) groups is 1. The standard InChI is InChI=1S/C19H19N5O2/c1-12-7-6-8-13(2)17(12)22-16-11-20-24-19(23-16)21-15-10-5-4-9-14(15)18(25)26-3/h4-11H,1-3H3,(H2,21,22,23,24). The first kappa shape index (κ1) is 17.3. The van der Waals surface area contributed by atoms with Gasteiger partial charge in [0, 0.05) is 5.69 Å². The second-order valence-corrected chi connectivity index (χ2v) is 5.72. The molecule has 0 saturated carbocycles. The van der Waals surface area contributed by atoms with Crippen molar-refractivity contribution < 1.29 is 9.53 Å². The summed E-state index contributed by atoms with van der Waals surface area (Å²) in [5, 5.41) is 14.2. The van der Waals surface area contributed by atoms with Gasteiger partial charge in [-0.2, -0.15) is 10.1 Å². The average molecular weight is 349 g/mol. The van der Waals surface area contributed by atoms with Gasteiger partial charge in [-0.1, -0.05) is 30.3 Å². The molecule has 0 aliphatic rings. The van der Waals surface area contributed by atoms with E-state index in [9.17, 15) is 4.79 Å². The van der Waals surface area contributed by atoms with Gasteiger partial charge in [0.2, 0.25) is 5.95 Å². The molecule has 2 aromatic carbocycles. The van der Waals surface area contributed by atoms with Crippen molar-refractivity contribution in [3.8, 4) is 0 Å². The third-order valence-corrected chi connectivity index (χ3v) is 3.87. The molecule has 0 amide bonds. The zero-order chi connectivity index (χ0) is 18.5. The molecular weight excluding hydrogens is 330 g/mol. The van der Waals surface area contributed by atoms with Gasteiger partial charge in [-0.3, -0.25) is 0 Å². The van der Waals surface area contributed by atoms with Crippen LogP contribution in [0.1, 0.15) is 21.5 Å². The van der Waals surface area contributed by atoms with Crippen LogP contribution in [0.2, 0.25) is 0 Å². The predicted molar refractivity (Wildman–Crippen MR) is 100 cm³/mol. The van der Waals surface area contributed by atoms with E-state index in [4.69, 9.17) is 4.74 Å². The Morgan fingerprint density at radius 1 is 1.00 bits per heavy atom. The van der Waals surface area contributed by atoms with Crippen LogP contribution in [0.5, 0.6) is 0 Å². The Bertz CT molecular complexity index is 922. The summed E-state index contributed by atoms with van der Waals surface area (Å²) in [5.41, 5.74) is 4.13. The second kappa shape index (κ2) is 7.60. The van der Waals surface area contributed by atoms with Crippen molar-refractivity contribution in [1.29, 1.82) is 0 Å². The van der Waals surface area contributed by atoms with Crippen LogP contribution in [0.3, 0.4) is 0 Å². The Kier molecular flexibility index (Phi) is 5.07. The van der Waals surface area contributed by atoms with Crippen LogP contribution in [-0.4, -0.2) is 28.3 Å². The van der Waals surface area contributed by atoms with Gasteiger partial charge in [0.25, 0.3) is 0 Å². The highest BCUT2D eigenvalue weighted by Crippen LogP contribution is 2.24. The Balaban J connectivity index is 1.86. The highest BCUT2D eigenvalue weighted by molar-refractivity contribution is 5.96. The number of nitrogens with one attached hydrogen (secondary N) is 2. The van der Waals surface area contributed by atoms with Crippen molar-refractivity contribution in [1.82, 2.24) is 15.2 Å². The van der Waals surface area contributed by atoms with E-state index in [1.807, 2.05) is 32.0 Å². The van der Waals surface area contributed by atoms with Gasteiger partial charge < -0.3 is 15.4 Å². The molecule has 7 heteroatoms. The van der Waals surface area contributed by atoms with Crippen molar-refractivity contribution in [2.24, 2.45) is 0 Å². The number of hydrogen-bond donors (Lipinski definition) is 2. The van der Waals surface area contributed by atoms with Crippen molar-refractivity contribution in [2.45, 2.75) is 13.8 Å². The number of ether oxygens (including phenoxy) is 1. The highest BCUT2D eigenvalue weighted by Gasteiger charge is 2.12. The van der Waals surface area contributed by atoms with E-state index < -0.39 is 5.97 Å². The molecule has 3 aromatic rings. The summed E-state index contributed by atoms with van der Waals surface area (Å²) >= 11 is 0. The van der Waals surface area contributed by atoms with Crippen LogP contribution in [-0.2, 0) is 4.74 Å². The van der Waals surface area contributed by atoms with Gasteiger partial charge in [-0.25, -0.2) is 4.79 Å². The molecule has 26 heavy (non-hydrogen) atoms. The number of para-hydroxylation sites is 2. The number of nitrogens with zero attached hydrogens (tertiary/aromatic N) is 3. The van der Waals surface area contributed by atoms with Crippen LogP contribution >= 0.6 is 0 Å². The summed E-state index contributed by atoms with van der Waals surface area (Å²) in [4.78, 5) is 16.3. The minimum absolute atomic E-state index is 0.276. The number of anilines is 4. The maximum Gasteiger partial charge on any atom is 0.339 e. The van der Waals surface area contributed by atoms with Crippen molar-refractivity contribution >= 4 is 29.1 Å².